The molecule has 4 aromatic rings. The zero-order valence-electron chi connectivity index (χ0n) is 15.3. The second-order valence-corrected chi connectivity index (χ2v) is 7.27. The van der Waals surface area contributed by atoms with E-state index in [2.05, 4.69) is 10.2 Å². The van der Waals surface area contributed by atoms with Crippen LogP contribution in [-0.2, 0) is 0 Å². The van der Waals surface area contributed by atoms with E-state index in [9.17, 15) is 4.79 Å². The molecule has 138 valence electrons. The van der Waals surface area contributed by atoms with Crippen LogP contribution in [0.2, 0.25) is 0 Å². The number of hydrogen-bond acceptors (Lipinski definition) is 5. The van der Waals surface area contributed by atoms with E-state index in [1.54, 1.807) is 0 Å². The third kappa shape index (κ3) is 4.05. The first kappa shape index (κ1) is 18.2. The topological polar surface area (TPSA) is 56.0 Å². The summed E-state index contributed by atoms with van der Waals surface area (Å²) >= 11 is 1.26. The Balaban J connectivity index is 1.40. The van der Waals surface area contributed by atoms with E-state index in [1.165, 1.54) is 11.8 Å². The van der Waals surface area contributed by atoms with Gasteiger partial charge in [0.2, 0.25) is 5.89 Å². The summed E-state index contributed by atoms with van der Waals surface area (Å²) in [6.45, 7) is 2.00. The summed E-state index contributed by atoms with van der Waals surface area (Å²) in [6.07, 6.45) is 0. The molecule has 0 fully saturated rings. The fourth-order valence-corrected chi connectivity index (χ4v) is 3.54. The van der Waals surface area contributed by atoms with Crippen molar-refractivity contribution >= 4 is 17.5 Å². The van der Waals surface area contributed by atoms with Gasteiger partial charge in [0.25, 0.3) is 5.22 Å². The van der Waals surface area contributed by atoms with Crippen molar-refractivity contribution in [3.05, 3.63) is 90.0 Å². The smallest absolute Gasteiger partial charge is 0.277 e. The van der Waals surface area contributed by atoms with Crippen LogP contribution in [0.3, 0.4) is 0 Å². The summed E-state index contributed by atoms with van der Waals surface area (Å²) in [6, 6.07) is 25.6. The Morgan fingerprint density at radius 1 is 0.857 bits per heavy atom. The molecule has 0 unspecified atom stereocenters. The molecule has 0 saturated heterocycles. The van der Waals surface area contributed by atoms with E-state index in [0.717, 1.165) is 22.3 Å². The van der Waals surface area contributed by atoms with Crippen molar-refractivity contribution in [1.82, 2.24) is 10.2 Å². The molecule has 0 amide bonds. The lowest BCUT2D eigenvalue weighted by atomic mass is 10.0. The summed E-state index contributed by atoms with van der Waals surface area (Å²) in [7, 11) is 0. The first-order valence-corrected chi connectivity index (χ1v) is 9.90. The van der Waals surface area contributed by atoms with Gasteiger partial charge in [-0.1, -0.05) is 84.6 Å². The molecule has 0 spiro atoms. The molecule has 0 aliphatic heterocycles. The third-order valence-corrected chi connectivity index (χ3v) is 5.24. The Morgan fingerprint density at radius 2 is 1.54 bits per heavy atom. The van der Waals surface area contributed by atoms with E-state index >= 15 is 0 Å². The lowest BCUT2D eigenvalue weighted by molar-refractivity contribution is 0.102. The zero-order valence-corrected chi connectivity index (χ0v) is 16.1. The van der Waals surface area contributed by atoms with E-state index in [0.29, 0.717) is 16.7 Å². The molecule has 0 N–H and O–H groups in total. The lowest BCUT2D eigenvalue weighted by Crippen LogP contribution is -2.02. The van der Waals surface area contributed by atoms with Gasteiger partial charge in [0, 0.05) is 11.1 Å². The normalized spacial score (nSPS) is 10.8. The summed E-state index contributed by atoms with van der Waals surface area (Å²) in [5, 5.41) is 8.54. The van der Waals surface area contributed by atoms with Gasteiger partial charge >= 0.3 is 0 Å². The number of benzene rings is 3. The van der Waals surface area contributed by atoms with Gasteiger partial charge < -0.3 is 4.42 Å². The number of aromatic nitrogens is 2. The van der Waals surface area contributed by atoms with Crippen molar-refractivity contribution in [2.75, 3.05) is 5.75 Å². The Kier molecular flexibility index (Phi) is 5.35. The molecule has 28 heavy (non-hydrogen) atoms. The maximum Gasteiger partial charge on any atom is 0.277 e. The minimum Gasteiger partial charge on any atom is -0.411 e. The molecule has 1 heterocycles. The number of nitrogens with zero attached hydrogens (tertiary/aromatic N) is 2. The van der Waals surface area contributed by atoms with Gasteiger partial charge in [-0.25, -0.2) is 0 Å². The van der Waals surface area contributed by atoms with E-state index < -0.39 is 0 Å². The first-order valence-electron chi connectivity index (χ1n) is 8.92. The Morgan fingerprint density at radius 3 is 2.29 bits per heavy atom. The molecule has 5 heteroatoms. The van der Waals surface area contributed by atoms with Crippen LogP contribution in [-0.4, -0.2) is 21.7 Å². The highest BCUT2D eigenvalue weighted by atomic mass is 32.2. The van der Waals surface area contributed by atoms with Crippen LogP contribution in [0.1, 0.15) is 15.9 Å². The molecule has 4 nitrogen and oxygen atoms in total. The molecule has 0 aliphatic carbocycles. The molecule has 3 aromatic carbocycles. The minimum atomic E-state index is 0.0280. The number of rotatable bonds is 6. The second kappa shape index (κ2) is 8.23. The van der Waals surface area contributed by atoms with E-state index in [-0.39, 0.29) is 11.5 Å². The number of carbonyl (C=O) groups excluding carboxylic acids is 1. The Labute approximate surface area is 167 Å². The van der Waals surface area contributed by atoms with Crippen molar-refractivity contribution in [3.8, 4) is 22.6 Å². The fourth-order valence-electron chi connectivity index (χ4n) is 2.88. The highest BCUT2D eigenvalue weighted by molar-refractivity contribution is 7.99. The maximum absolute atomic E-state index is 12.5. The Bertz CT molecular complexity index is 1090. The molecule has 0 atom stereocenters. The second-order valence-electron chi connectivity index (χ2n) is 6.34. The van der Waals surface area contributed by atoms with Crippen LogP contribution < -0.4 is 0 Å². The van der Waals surface area contributed by atoms with Crippen LogP contribution >= 0.6 is 11.8 Å². The van der Waals surface area contributed by atoms with Gasteiger partial charge in [-0.3, -0.25) is 4.79 Å². The number of carbonyl (C=O) groups is 1. The van der Waals surface area contributed by atoms with Crippen LogP contribution in [0.5, 0.6) is 0 Å². The summed E-state index contributed by atoms with van der Waals surface area (Å²) < 4.78 is 5.70. The summed E-state index contributed by atoms with van der Waals surface area (Å²) in [5.41, 5.74) is 4.86. The van der Waals surface area contributed by atoms with Gasteiger partial charge in [-0.15, -0.1) is 10.2 Å². The predicted molar refractivity (Wildman–Crippen MR) is 111 cm³/mol. The molecule has 0 aliphatic rings. The highest BCUT2D eigenvalue weighted by Gasteiger charge is 2.13. The van der Waals surface area contributed by atoms with Crippen molar-refractivity contribution in [3.63, 3.8) is 0 Å². The van der Waals surface area contributed by atoms with Crippen molar-refractivity contribution in [1.29, 1.82) is 0 Å². The largest absolute Gasteiger partial charge is 0.411 e. The van der Waals surface area contributed by atoms with Crippen LogP contribution in [0.4, 0.5) is 0 Å². The number of ketones is 1. The summed E-state index contributed by atoms with van der Waals surface area (Å²) in [4.78, 5) is 12.5. The Hall–Kier alpha value is -3.18. The first-order chi connectivity index (χ1) is 13.7. The van der Waals surface area contributed by atoms with Gasteiger partial charge in [0.1, 0.15) is 0 Å². The number of aryl methyl sites for hydroxylation is 1. The van der Waals surface area contributed by atoms with E-state index in [1.807, 2.05) is 85.8 Å². The van der Waals surface area contributed by atoms with Gasteiger partial charge in [-0.05, 0) is 29.7 Å². The van der Waals surface area contributed by atoms with E-state index in [4.69, 9.17) is 4.42 Å². The van der Waals surface area contributed by atoms with Gasteiger partial charge in [0.15, 0.2) is 5.78 Å². The van der Waals surface area contributed by atoms with Crippen LogP contribution in [0.25, 0.3) is 22.6 Å². The predicted octanol–water partition coefficient (Wildman–Crippen LogP) is 5.69. The minimum absolute atomic E-state index is 0.0280. The standard InChI is InChI=1S/C23H18N2O2S/c1-16-7-5-6-10-20(16)22-24-25-23(27-22)28-15-21(26)19-13-11-18(12-14-19)17-8-3-2-4-9-17/h2-14H,15H2,1H3. The molecular formula is C23H18N2O2S. The van der Waals surface area contributed by atoms with Crippen LogP contribution in [0, 0.1) is 6.92 Å². The van der Waals surface area contributed by atoms with Crippen molar-refractivity contribution in [2.24, 2.45) is 0 Å². The molecule has 0 radical (unpaired) electrons. The molecule has 4 rings (SSSR count). The SMILES string of the molecule is Cc1ccccc1-c1nnc(SCC(=O)c2ccc(-c3ccccc3)cc2)o1. The van der Waals surface area contributed by atoms with Crippen molar-refractivity contribution in [2.45, 2.75) is 12.1 Å². The number of Topliss-reactive ketones (excluding diaryl/α,β-unsaturated/α-hetero) is 1. The maximum atomic E-state index is 12.5. The van der Waals surface area contributed by atoms with Gasteiger partial charge in [0.05, 0.1) is 5.75 Å². The fraction of sp³-hybridized carbons (Fsp3) is 0.0870. The van der Waals surface area contributed by atoms with Crippen LogP contribution in [0.15, 0.2) is 88.5 Å². The van der Waals surface area contributed by atoms with Crippen molar-refractivity contribution < 1.29 is 9.21 Å². The quantitative estimate of drug-likeness (QED) is 0.315. The number of hydrogen-bond donors (Lipinski definition) is 0. The van der Waals surface area contributed by atoms with Gasteiger partial charge in [-0.2, -0.15) is 0 Å². The number of thioether (sulfide) groups is 1. The average Bonchev–Trinajstić information content (AvgIpc) is 3.22. The average molecular weight is 386 g/mol. The molecule has 0 saturated carbocycles. The summed E-state index contributed by atoms with van der Waals surface area (Å²) in [5.74, 6) is 0.751. The molecule has 1 aromatic heterocycles. The lowest BCUT2D eigenvalue weighted by Gasteiger charge is -2.03. The monoisotopic (exact) mass is 386 g/mol. The third-order valence-electron chi connectivity index (χ3n) is 4.42. The zero-order chi connectivity index (χ0) is 19.3. The molecular weight excluding hydrogens is 368 g/mol. The highest BCUT2D eigenvalue weighted by Crippen LogP contribution is 2.26. The molecule has 0 bridgehead atoms.